The third-order valence-corrected chi connectivity index (χ3v) is 2.67. The highest BCUT2D eigenvalue weighted by Gasteiger charge is 2.05. The molecule has 0 N–H and O–H groups in total. The second kappa shape index (κ2) is 9.20. The lowest BCUT2D eigenvalue weighted by atomic mass is 10.2. The monoisotopic (exact) mass is 262 g/mol. The predicted octanol–water partition coefficient (Wildman–Crippen LogP) is 4.09. The van der Waals surface area contributed by atoms with Gasteiger partial charge in [-0.25, -0.2) is 4.79 Å². The van der Waals surface area contributed by atoms with Crippen LogP contribution in [0.1, 0.15) is 39.5 Å². The van der Waals surface area contributed by atoms with Gasteiger partial charge in [0.15, 0.2) is 0 Å². The fourth-order valence-electron chi connectivity index (χ4n) is 1.51. The van der Waals surface area contributed by atoms with Crippen LogP contribution in [-0.4, -0.2) is 12.6 Å². The van der Waals surface area contributed by atoms with E-state index in [4.69, 9.17) is 9.47 Å². The van der Waals surface area contributed by atoms with Crippen molar-refractivity contribution in [1.29, 1.82) is 0 Å². The third kappa shape index (κ3) is 6.65. The molecule has 0 saturated carbocycles. The maximum atomic E-state index is 11.6. The minimum Gasteiger partial charge on any atom is -0.464 e. The van der Waals surface area contributed by atoms with Gasteiger partial charge in [0.25, 0.3) is 0 Å². The average Bonchev–Trinajstić information content (AvgIpc) is 2.45. The molecule has 1 aromatic carbocycles. The van der Waals surface area contributed by atoms with E-state index in [2.05, 4.69) is 6.92 Å². The number of carbonyl (C=O) groups is 1. The summed E-state index contributed by atoms with van der Waals surface area (Å²) in [6.45, 7) is 4.33. The molecular weight excluding hydrogens is 240 g/mol. The molecule has 0 fully saturated rings. The molecule has 0 radical (unpaired) electrons. The SMILES string of the molecule is CCCCCCOC(=O)/C(C)=C/Oc1ccccc1. The summed E-state index contributed by atoms with van der Waals surface area (Å²) in [5.41, 5.74) is 0.472. The Kier molecular flexibility index (Phi) is 7.40. The number of benzene rings is 1. The average molecular weight is 262 g/mol. The van der Waals surface area contributed by atoms with E-state index in [0.717, 1.165) is 12.8 Å². The smallest absolute Gasteiger partial charge is 0.336 e. The molecule has 0 aliphatic carbocycles. The van der Waals surface area contributed by atoms with Crippen LogP contribution in [0.3, 0.4) is 0 Å². The van der Waals surface area contributed by atoms with E-state index in [1.807, 2.05) is 30.3 Å². The van der Waals surface area contributed by atoms with Gasteiger partial charge in [0.05, 0.1) is 12.2 Å². The standard InChI is InChI=1S/C16H22O3/c1-3-4-5-9-12-18-16(17)14(2)13-19-15-10-7-6-8-11-15/h6-8,10-11,13H,3-5,9,12H2,1-2H3/b14-13+. The van der Waals surface area contributed by atoms with Gasteiger partial charge in [-0.2, -0.15) is 0 Å². The first-order chi connectivity index (χ1) is 9.24. The van der Waals surface area contributed by atoms with Crippen LogP contribution in [0.5, 0.6) is 5.75 Å². The van der Waals surface area contributed by atoms with Crippen molar-refractivity contribution >= 4 is 5.97 Å². The molecular formula is C16H22O3. The highest BCUT2D eigenvalue weighted by atomic mass is 16.5. The second-order valence-electron chi connectivity index (χ2n) is 4.43. The Morgan fingerprint density at radius 1 is 1.16 bits per heavy atom. The third-order valence-electron chi connectivity index (χ3n) is 2.67. The number of esters is 1. The van der Waals surface area contributed by atoms with Crippen molar-refractivity contribution in [3.05, 3.63) is 42.2 Å². The highest BCUT2D eigenvalue weighted by Crippen LogP contribution is 2.10. The van der Waals surface area contributed by atoms with Crippen LogP contribution in [0.15, 0.2) is 42.2 Å². The summed E-state index contributed by atoms with van der Waals surface area (Å²) in [6.07, 6.45) is 5.82. The summed E-state index contributed by atoms with van der Waals surface area (Å²) in [6, 6.07) is 9.34. The van der Waals surface area contributed by atoms with Gasteiger partial charge in [0.1, 0.15) is 12.0 Å². The summed E-state index contributed by atoms with van der Waals surface area (Å²) in [5, 5.41) is 0. The second-order valence-corrected chi connectivity index (χ2v) is 4.43. The Labute approximate surface area is 115 Å². The summed E-state index contributed by atoms with van der Waals surface area (Å²) in [7, 11) is 0. The van der Waals surface area contributed by atoms with Crippen molar-refractivity contribution in [2.24, 2.45) is 0 Å². The molecule has 0 unspecified atom stereocenters. The fourth-order valence-corrected chi connectivity index (χ4v) is 1.51. The quantitative estimate of drug-likeness (QED) is 0.306. The van der Waals surface area contributed by atoms with E-state index in [0.29, 0.717) is 17.9 Å². The molecule has 0 aliphatic heterocycles. The zero-order valence-corrected chi connectivity index (χ0v) is 11.7. The van der Waals surface area contributed by atoms with E-state index in [-0.39, 0.29) is 5.97 Å². The summed E-state index contributed by atoms with van der Waals surface area (Å²) < 4.78 is 10.5. The van der Waals surface area contributed by atoms with E-state index in [1.165, 1.54) is 19.1 Å². The van der Waals surface area contributed by atoms with Gasteiger partial charge in [0, 0.05) is 0 Å². The molecule has 3 nitrogen and oxygen atoms in total. The summed E-state index contributed by atoms with van der Waals surface area (Å²) >= 11 is 0. The molecule has 19 heavy (non-hydrogen) atoms. The van der Waals surface area contributed by atoms with Gasteiger partial charge in [0.2, 0.25) is 0 Å². The molecule has 0 spiro atoms. The fraction of sp³-hybridized carbons (Fsp3) is 0.438. The van der Waals surface area contributed by atoms with Crippen LogP contribution in [0, 0.1) is 0 Å². The van der Waals surface area contributed by atoms with Gasteiger partial charge in [-0.05, 0) is 25.5 Å². The van der Waals surface area contributed by atoms with Crippen LogP contribution in [-0.2, 0) is 9.53 Å². The molecule has 104 valence electrons. The Hall–Kier alpha value is -1.77. The van der Waals surface area contributed by atoms with Gasteiger partial charge in [-0.3, -0.25) is 0 Å². The molecule has 0 aromatic heterocycles. The normalized spacial score (nSPS) is 11.2. The predicted molar refractivity (Wildman–Crippen MR) is 75.9 cm³/mol. The van der Waals surface area contributed by atoms with Crippen LogP contribution in [0.2, 0.25) is 0 Å². The highest BCUT2D eigenvalue weighted by molar-refractivity contribution is 5.87. The molecule has 1 aromatic rings. The number of hydrogen-bond acceptors (Lipinski definition) is 3. The van der Waals surface area contributed by atoms with Gasteiger partial charge in [-0.15, -0.1) is 0 Å². The lowest BCUT2D eigenvalue weighted by Gasteiger charge is -2.05. The van der Waals surface area contributed by atoms with Gasteiger partial charge >= 0.3 is 5.97 Å². The van der Waals surface area contributed by atoms with Crippen molar-refractivity contribution in [3.63, 3.8) is 0 Å². The minimum absolute atomic E-state index is 0.313. The van der Waals surface area contributed by atoms with E-state index in [1.54, 1.807) is 6.92 Å². The van der Waals surface area contributed by atoms with Gasteiger partial charge < -0.3 is 9.47 Å². The first-order valence-electron chi connectivity index (χ1n) is 6.79. The first-order valence-corrected chi connectivity index (χ1v) is 6.79. The lowest BCUT2D eigenvalue weighted by Crippen LogP contribution is -2.08. The Balaban J connectivity index is 2.27. The maximum absolute atomic E-state index is 11.6. The lowest BCUT2D eigenvalue weighted by molar-refractivity contribution is -0.139. The molecule has 3 heteroatoms. The van der Waals surface area contributed by atoms with E-state index >= 15 is 0 Å². The van der Waals surface area contributed by atoms with Crippen LogP contribution < -0.4 is 4.74 Å². The molecule has 0 amide bonds. The maximum Gasteiger partial charge on any atom is 0.336 e. The van der Waals surface area contributed by atoms with Crippen molar-refractivity contribution in [3.8, 4) is 5.75 Å². The summed E-state index contributed by atoms with van der Waals surface area (Å²) in [5.74, 6) is 0.394. The topological polar surface area (TPSA) is 35.5 Å². The zero-order valence-electron chi connectivity index (χ0n) is 11.7. The Morgan fingerprint density at radius 3 is 2.58 bits per heavy atom. The number of ether oxygens (including phenoxy) is 2. The first kappa shape index (κ1) is 15.3. The van der Waals surface area contributed by atoms with Crippen molar-refractivity contribution in [2.75, 3.05) is 6.61 Å². The van der Waals surface area contributed by atoms with E-state index in [9.17, 15) is 4.79 Å². The Bertz CT molecular complexity index is 396. The molecule has 0 saturated heterocycles. The van der Waals surface area contributed by atoms with Crippen molar-refractivity contribution < 1.29 is 14.3 Å². The number of para-hydroxylation sites is 1. The molecule has 0 aliphatic rings. The number of rotatable bonds is 8. The van der Waals surface area contributed by atoms with Gasteiger partial charge in [-0.1, -0.05) is 44.4 Å². The largest absolute Gasteiger partial charge is 0.464 e. The summed E-state index contributed by atoms with van der Waals surface area (Å²) in [4.78, 5) is 11.6. The van der Waals surface area contributed by atoms with Crippen LogP contribution >= 0.6 is 0 Å². The van der Waals surface area contributed by atoms with Crippen LogP contribution in [0.4, 0.5) is 0 Å². The van der Waals surface area contributed by atoms with Crippen molar-refractivity contribution in [1.82, 2.24) is 0 Å². The molecule has 0 atom stereocenters. The number of hydrogen-bond donors (Lipinski definition) is 0. The van der Waals surface area contributed by atoms with E-state index < -0.39 is 0 Å². The number of carbonyl (C=O) groups excluding carboxylic acids is 1. The molecule has 0 heterocycles. The Morgan fingerprint density at radius 2 is 1.89 bits per heavy atom. The zero-order chi connectivity index (χ0) is 13.9. The molecule has 1 rings (SSSR count). The molecule has 0 bridgehead atoms. The van der Waals surface area contributed by atoms with Crippen molar-refractivity contribution in [2.45, 2.75) is 39.5 Å². The number of unbranched alkanes of at least 4 members (excludes halogenated alkanes) is 3. The van der Waals surface area contributed by atoms with Crippen LogP contribution in [0.25, 0.3) is 0 Å². The minimum atomic E-state index is -0.313.